The molecule has 7 heteroatoms. The van der Waals surface area contributed by atoms with Crippen LogP contribution in [0.25, 0.3) is 22.2 Å². The van der Waals surface area contributed by atoms with Crippen molar-refractivity contribution in [2.75, 3.05) is 32.8 Å². The zero-order chi connectivity index (χ0) is 18.8. The maximum atomic E-state index is 11.7. The molecule has 7 nitrogen and oxygen atoms in total. The number of H-pyrrole nitrogens is 1. The minimum Gasteiger partial charge on any atom is -0.492 e. The second kappa shape index (κ2) is 7.28. The van der Waals surface area contributed by atoms with Gasteiger partial charge in [-0.1, -0.05) is 18.2 Å². The number of piperazine rings is 1. The molecule has 0 atom stereocenters. The van der Waals surface area contributed by atoms with Crippen molar-refractivity contribution in [1.29, 1.82) is 0 Å². The van der Waals surface area contributed by atoms with E-state index in [9.17, 15) is 9.59 Å². The number of ether oxygens (including phenoxy) is 1. The lowest BCUT2D eigenvalue weighted by Gasteiger charge is -2.26. The van der Waals surface area contributed by atoms with Gasteiger partial charge in [0.2, 0.25) is 5.91 Å². The largest absolute Gasteiger partial charge is 0.492 e. The van der Waals surface area contributed by atoms with Crippen LogP contribution in [-0.4, -0.2) is 53.1 Å². The van der Waals surface area contributed by atoms with Gasteiger partial charge in [-0.2, -0.15) is 0 Å². The quantitative estimate of drug-likeness (QED) is 0.714. The molecular weight excluding hydrogens is 344 g/mol. The van der Waals surface area contributed by atoms with E-state index < -0.39 is 0 Å². The third kappa shape index (κ3) is 3.73. The number of fused-ring (bicyclic) bond motifs is 1. The number of hydrogen-bond acceptors (Lipinski definition) is 4. The highest BCUT2D eigenvalue weighted by molar-refractivity contribution is 5.82. The maximum absolute atomic E-state index is 11.7. The summed E-state index contributed by atoms with van der Waals surface area (Å²) >= 11 is 0. The Kier molecular flexibility index (Phi) is 4.68. The number of aryl methyl sites for hydroxylation is 1. The van der Waals surface area contributed by atoms with E-state index in [0.717, 1.165) is 41.0 Å². The molecule has 1 aliphatic rings. The lowest BCUT2D eigenvalue weighted by Crippen LogP contribution is -2.48. The predicted molar refractivity (Wildman–Crippen MR) is 104 cm³/mol. The van der Waals surface area contributed by atoms with Gasteiger partial charge in [-0.15, -0.1) is 0 Å². The summed E-state index contributed by atoms with van der Waals surface area (Å²) in [5, 5.41) is 2.82. The van der Waals surface area contributed by atoms with Gasteiger partial charge in [-0.25, -0.2) is 4.79 Å². The Morgan fingerprint density at radius 3 is 2.63 bits per heavy atom. The molecule has 140 valence electrons. The van der Waals surface area contributed by atoms with E-state index in [1.807, 2.05) is 42.5 Å². The topological polar surface area (TPSA) is 79.4 Å². The number of carbonyl (C=O) groups is 1. The SMILES string of the molecule is Cn1c(=O)[nH]c2ccc(-c3ccc(OCCN4CCNC(=O)C4)cc3)cc21. The van der Waals surface area contributed by atoms with Crippen LogP contribution in [0.1, 0.15) is 0 Å². The number of hydrogen-bond donors (Lipinski definition) is 2. The van der Waals surface area contributed by atoms with E-state index in [0.29, 0.717) is 19.7 Å². The van der Waals surface area contributed by atoms with Gasteiger partial charge in [0.15, 0.2) is 0 Å². The molecule has 2 heterocycles. The Hall–Kier alpha value is -3.06. The number of imidazole rings is 1. The molecule has 0 spiro atoms. The summed E-state index contributed by atoms with van der Waals surface area (Å²) in [7, 11) is 1.76. The number of benzene rings is 2. The van der Waals surface area contributed by atoms with Crippen molar-refractivity contribution in [2.24, 2.45) is 7.05 Å². The van der Waals surface area contributed by atoms with Gasteiger partial charge in [0, 0.05) is 26.7 Å². The van der Waals surface area contributed by atoms with Crippen LogP contribution >= 0.6 is 0 Å². The van der Waals surface area contributed by atoms with E-state index in [4.69, 9.17) is 4.74 Å². The molecule has 0 unspecified atom stereocenters. The van der Waals surface area contributed by atoms with E-state index in [-0.39, 0.29) is 11.6 Å². The molecular formula is C20H22N4O3. The van der Waals surface area contributed by atoms with Gasteiger partial charge in [-0.3, -0.25) is 14.3 Å². The summed E-state index contributed by atoms with van der Waals surface area (Å²) in [6, 6.07) is 13.8. The first kappa shape index (κ1) is 17.4. The summed E-state index contributed by atoms with van der Waals surface area (Å²) in [5.74, 6) is 0.873. The van der Waals surface area contributed by atoms with Crippen molar-refractivity contribution in [3.8, 4) is 16.9 Å². The normalized spacial score (nSPS) is 15.1. The highest BCUT2D eigenvalue weighted by atomic mass is 16.5. The fourth-order valence-corrected chi connectivity index (χ4v) is 3.32. The van der Waals surface area contributed by atoms with Crippen molar-refractivity contribution in [3.05, 3.63) is 52.9 Å². The summed E-state index contributed by atoms with van der Waals surface area (Å²) in [6.45, 7) is 3.27. The molecule has 1 aliphatic heterocycles. The van der Waals surface area contributed by atoms with Crippen LogP contribution in [0.5, 0.6) is 5.75 Å². The molecule has 1 aromatic heterocycles. The average Bonchev–Trinajstić information content (AvgIpc) is 2.96. The van der Waals surface area contributed by atoms with Crippen molar-refractivity contribution >= 4 is 16.9 Å². The molecule has 27 heavy (non-hydrogen) atoms. The molecule has 1 fully saturated rings. The summed E-state index contributed by atoms with van der Waals surface area (Å²) in [6.07, 6.45) is 0. The molecule has 2 N–H and O–H groups in total. The van der Waals surface area contributed by atoms with Gasteiger partial charge < -0.3 is 15.0 Å². The lowest BCUT2D eigenvalue weighted by molar-refractivity contribution is -0.124. The van der Waals surface area contributed by atoms with Crippen molar-refractivity contribution < 1.29 is 9.53 Å². The molecule has 0 saturated carbocycles. The van der Waals surface area contributed by atoms with Crippen LogP contribution in [0.3, 0.4) is 0 Å². The predicted octanol–water partition coefficient (Wildman–Crippen LogP) is 1.34. The number of nitrogens with zero attached hydrogens (tertiary/aromatic N) is 2. The summed E-state index contributed by atoms with van der Waals surface area (Å²) < 4.78 is 7.41. The molecule has 2 aromatic carbocycles. The van der Waals surface area contributed by atoms with Gasteiger partial charge in [-0.05, 0) is 35.4 Å². The van der Waals surface area contributed by atoms with Crippen LogP contribution in [-0.2, 0) is 11.8 Å². The third-order valence-corrected chi connectivity index (χ3v) is 4.89. The third-order valence-electron chi connectivity index (χ3n) is 4.89. The fourth-order valence-electron chi connectivity index (χ4n) is 3.32. The van der Waals surface area contributed by atoms with Crippen LogP contribution in [0.15, 0.2) is 47.3 Å². The van der Waals surface area contributed by atoms with E-state index in [1.54, 1.807) is 11.6 Å². The second-order valence-electron chi connectivity index (χ2n) is 6.72. The molecule has 0 radical (unpaired) electrons. The van der Waals surface area contributed by atoms with Gasteiger partial charge >= 0.3 is 5.69 Å². The first-order valence-corrected chi connectivity index (χ1v) is 9.01. The first-order chi connectivity index (χ1) is 13.1. The minimum absolute atomic E-state index is 0.0718. The average molecular weight is 366 g/mol. The van der Waals surface area contributed by atoms with Crippen LogP contribution < -0.4 is 15.7 Å². The maximum Gasteiger partial charge on any atom is 0.326 e. The first-order valence-electron chi connectivity index (χ1n) is 9.01. The van der Waals surface area contributed by atoms with Gasteiger partial charge in [0.05, 0.1) is 17.6 Å². The Balaban J connectivity index is 1.40. The molecule has 3 aromatic rings. The fraction of sp³-hybridized carbons (Fsp3) is 0.300. The number of rotatable bonds is 5. The molecule has 1 saturated heterocycles. The van der Waals surface area contributed by atoms with E-state index in [2.05, 4.69) is 15.2 Å². The van der Waals surface area contributed by atoms with E-state index in [1.165, 1.54) is 0 Å². The zero-order valence-corrected chi connectivity index (χ0v) is 15.2. The Morgan fingerprint density at radius 1 is 1.07 bits per heavy atom. The van der Waals surface area contributed by atoms with Crippen LogP contribution in [0.2, 0.25) is 0 Å². The Bertz CT molecular complexity index is 1020. The smallest absolute Gasteiger partial charge is 0.326 e. The molecule has 0 aliphatic carbocycles. The Labute approximate surface area is 156 Å². The zero-order valence-electron chi connectivity index (χ0n) is 15.2. The highest BCUT2D eigenvalue weighted by Gasteiger charge is 2.15. The number of nitrogens with one attached hydrogen (secondary N) is 2. The number of amides is 1. The molecule has 1 amide bonds. The van der Waals surface area contributed by atoms with Crippen molar-refractivity contribution in [1.82, 2.24) is 19.8 Å². The number of aromatic nitrogens is 2. The lowest BCUT2D eigenvalue weighted by atomic mass is 10.1. The minimum atomic E-state index is -0.114. The molecule has 0 bridgehead atoms. The van der Waals surface area contributed by atoms with Gasteiger partial charge in [0.25, 0.3) is 0 Å². The van der Waals surface area contributed by atoms with E-state index >= 15 is 0 Å². The van der Waals surface area contributed by atoms with Crippen molar-refractivity contribution in [2.45, 2.75) is 0 Å². The van der Waals surface area contributed by atoms with Crippen molar-refractivity contribution in [3.63, 3.8) is 0 Å². The standard InChI is InChI=1S/C20H22N4O3/c1-23-18-12-15(4-7-17(18)22-20(23)26)14-2-5-16(6-3-14)27-11-10-24-9-8-21-19(25)13-24/h2-7,12H,8-11,13H2,1H3,(H,21,25)(H,22,26). The number of carbonyl (C=O) groups excluding carboxylic acids is 1. The van der Waals surface area contributed by atoms with Crippen LogP contribution in [0, 0.1) is 0 Å². The highest BCUT2D eigenvalue weighted by Crippen LogP contribution is 2.25. The van der Waals surface area contributed by atoms with Gasteiger partial charge in [0.1, 0.15) is 12.4 Å². The second-order valence-corrected chi connectivity index (χ2v) is 6.72. The number of aromatic amines is 1. The monoisotopic (exact) mass is 366 g/mol. The Morgan fingerprint density at radius 2 is 1.85 bits per heavy atom. The summed E-state index contributed by atoms with van der Waals surface area (Å²) in [5.41, 5.74) is 3.70. The summed E-state index contributed by atoms with van der Waals surface area (Å²) in [4.78, 5) is 28.0. The molecule has 4 rings (SSSR count). The van der Waals surface area contributed by atoms with Crippen LogP contribution in [0.4, 0.5) is 0 Å².